The molecule has 2 fully saturated rings. The Morgan fingerprint density at radius 3 is 1.51 bits per heavy atom. The van der Waals surface area contributed by atoms with E-state index in [9.17, 15) is 35.9 Å². The van der Waals surface area contributed by atoms with Gasteiger partial charge >= 0.3 is 12.4 Å². The first-order valence-electron chi connectivity index (χ1n) is 17.6. The first-order valence-corrected chi connectivity index (χ1v) is 17.6. The second-order valence-corrected chi connectivity index (χ2v) is 12.8. The Hall–Kier alpha value is -5.20. The van der Waals surface area contributed by atoms with Gasteiger partial charge < -0.3 is 25.2 Å². The molecule has 0 radical (unpaired) electrons. The SMILES string of the molecule is CCOc1cccc(NC(=O)c2ccc(N3CCCC3)c(C(F)(F)F)c2)c1.CCc1cccc(NC(=O)c2ccc(N3CCCC3)c(C(F)(F)F)c2)c1. The van der Waals surface area contributed by atoms with Crippen LogP contribution in [0.4, 0.5) is 49.1 Å². The molecule has 2 heterocycles. The molecule has 2 saturated heterocycles. The topological polar surface area (TPSA) is 73.9 Å². The summed E-state index contributed by atoms with van der Waals surface area (Å²) in [6, 6.07) is 21.6. The van der Waals surface area contributed by atoms with Crippen LogP contribution in [0, 0.1) is 0 Å². The maximum absolute atomic E-state index is 13.5. The molecular weight excluding hydrogens is 698 g/mol. The smallest absolute Gasteiger partial charge is 0.418 e. The highest BCUT2D eigenvalue weighted by Gasteiger charge is 2.37. The summed E-state index contributed by atoms with van der Waals surface area (Å²) in [4.78, 5) is 28.3. The molecule has 53 heavy (non-hydrogen) atoms. The van der Waals surface area contributed by atoms with Crippen molar-refractivity contribution < 1.29 is 40.7 Å². The van der Waals surface area contributed by atoms with E-state index in [1.54, 1.807) is 40.1 Å². The van der Waals surface area contributed by atoms with Gasteiger partial charge in [-0.3, -0.25) is 9.59 Å². The maximum Gasteiger partial charge on any atom is 0.418 e. The summed E-state index contributed by atoms with van der Waals surface area (Å²) in [5.41, 5.74) is 0.802. The Morgan fingerprint density at radius 2 is 1.08 bits per heavy atom. The summed E-state index contributed by atoms with van der Waals surface area (Å²) in [6.45, 7) is 6.72. The lowest BCUT2D eigenvalue weighted by Crippen LogP contribution is -2.23. The zero-order valence-electron chi connectivity index (χ0n) is 29.5. The number of nitrogens with one attached hydrogen (secondary N) is 2. The summed E-state index contributed by atoms with van der Waals surface area (Å²) >= 11 is 0. The molecule has 282 valence electrons. The number of carbonyl (C=O) groups excluding carboxylic acids is 2. The van der Waals surface area contributed by atoms with Gasteiger partial charge in [-0.2, -0.15) is 26.3 Å². The third-order valence-corrected chi connectivity index (χ3v) is 9.02. The number of hydrogen-bond acceptors (Lipinski definition) is 5. The summed E-state index contributed by atoms with van der Waals surface area (Å²) in [5.74, 6) is -0.561. The molecule has 2 N–H and O–H groups in total. The van der Waals surface area contributed by atoms with Crippen molar-refractivity contribution in [2.24, 2.45) is 0 Å². The second-order valence-electron chi connectivity index (χ2n) is 12.8. The van der Waals surface area contributed by atoms with Crippen molar-refractivity contribution in [1.82, 2.24) is 0 Å². The Labute approximate surface area is 304 Å². The fourth-order valence-electron chi connectivity index (χ4n) is 6.38. The monoisotopic (exact) mass is 740 g/mol. The largest absolute Gasteiger partial charge is 0.494 e. The zero-order chi connectivity index (χ0) is 38.2. The predicted octanol–water partition coefficient (Wildman–Crippen LogP) is 10.1. The minimum absolute atomic E-state index is 0.00201. The highest BCUT2D eigenvalue weighted by molar-refractivity contribution is 6.05. The minimum Gasteiger partial charge on any atom is -0.494 e. The molecule has 2 amide bonds. The van der Waals surface area contributed by atoms with E-state index in [1.807, 2.05) is 32.0 Å². The van der Waals surface area contributed by atoms with Crippen LogP contribution in [0.25, 0.3) is 0 Å². The number of aryl methyl sites for hydroxylation is 1. The Morgan fingerprint density at radius 1 is 0.623 bits per heavy atom. The molecule has 0 spiro atoms. The van der Waals surface area contributed by atoms with E-state index in [2.05, 4.69) is 10.6 Å². The van der Waals surface area contributed by atoms with Crippen molar-refractivity contribution in [1.29, 1.82) is 0 Å². The van der Waals surface area contributed by atoms with Gasteiger partial charge in [0.25, 0.3) is 11.8 Å². The molecule has 13 heteroatoms. The number of rotatable bonds is 9. The number of carbonyl (C=O) groups is 2. The first kappa shape index (κ1) is 39.0. The maximum atomic E-state index is 13.5. The molecule has 0 bridgehead atoms. The molecule has 4 aromatic carbocycles. The Balaban J connectivity index is 0.000000204. The molecule has 4 aromatic rings. The molecule has 7 nitrogen and oxygen atoms in total. The number of anilines is 4. The first-order chi connectivity index (χ1) is 25.3. The van der Waals surface area contributed by atoms with E-state index in [0.717, 1.165) is 49.8 Å². The van der Waals surface area contributed by atoms with Crippen LogP contribution in [0.3, 0.4) is 0 Å². The van der Waals surface area contributed by atoms with Crippen molar-refractivity contribution in [2.75, 3.05) is 53.2 Å². The molecule has 0 unspecified atom stereocenters. The van der Waals surface area contributed by atoms with Crippen LogP contribution >= 0.6 is 0 Å². The van der Waals surface area contributed by atoms with Gasteiger partial charge in [-0.05, 0) is 105 Å². The number of halogens is 6. The lowest BCUT2D eigenvalue weighted by Gasteiger charge is -2.23. The number of hydrogen-bond donors (Lipinski definition) is 2. The number of amides is 2. The van der Waals surface area contributed by atoms with Gasteiger partial charge in [-0.15, -0.1) is 0 Å². The summed E-state index contributed by atoms with van der Waals surface area (Å²) in [5, 5.41) is 5.31. The zero-order valence-corrected chi connectivity index (χ0v) is 29.5. The predicted molar refractivity (Wildman–Crippen MR) is 195 cm³/mol. The van der Waals surface area contributed by atoms with E-state index in [4.69, 9.17) is 4.74 Å². The van der Waals surface area contributed by atoms with E-state index in [0.29, 0.717) is 49.9 Å². The third-order valence-electron chi connectivity index (χ3n) is 9.02. The highest BCUT2D eigenvalue weighted by atomic mass is 19.4. The fraction of sp³-hybridized carbons (Fsp3) is 0.350. The lowest BCUT2D eigenvalue weighted by molar-refractivity contribution is -0.138. The van der Waals surface area contributed by atoms with Crippen molar-refractivity contribution >= 4 is 34.6 Å². The van der Waals surface area contributed by atoms with Gasteiger partial charge in [0.05, 0.1) is 17.7 Å². The van der Waals surface area contributed by atoms with Gasteiger partial charge in [0.2, 0.25) is 0 Å². The molecule has 0 aromatic heterocycles. The van der Waals surface area contributed by atoms with Gasteiger partial charge in [-0.25, -0.2) is 0 Å². The second kappa shape index (κ2) is 17.1. The molecule has 6 rings (SSSR count). The van der Waals surface area contributed by atoms with Crippen LogP contribution in [0.15, 0.2) is 84.9 Å². The fourth-order valence-corrected chi connectivity index (χ4v) is 6.38. The van der Waals surface area contributed by atoms with E-state index in [-0.39, 0.29) is 22.5 Å². The van der Waals surface area contributed by atoms with Crippen molar-refractivity contribution in [3.63, 3.8) is 0 Å². The number of benzene rings is 4. The van der Waals surface area contributed by atoms with Crippen molar-refractivity contribution in [2.45, 2.75) is 58.3 Å². The standard InChI is InChI=1S/C20H21F3N2O2.C20H21F3N2O/c1-2-27-16-7-5-6-15(13-16)24-19(26)14-8-9-18(25-10-3-4-11-25)17(12-14)20(21,22)23;1-2-14-6-5-7-16(12-14)24-19(26)15-8-9-18(25-10-3-4-11-25)17(13-15)20(21,22)23/h5-9,12-13H,2-4,10-11H2,1H3,(H,24,26);5-9,12-13H,2-4,10-11H2,1H3,(H,24,26). The summed E-state index contributed by atoms with van der Waals surface area (Å²) < 4.78 is 86.5. The average molecular weight is 741 g/mol. The van der Waals surface area contributed by atoms with E-state index >= 15 is 0 Å². The van der Waals surface area contributed by atoms with Gasteiger partial charge in [-0.1, -0.05) is 25.1 Å². The summed E-state index contributed by atoms with van der Waals surface area (Å²) in [6.07, 6.45) is -4.71. The van der Waals surface area contributed by atoms with Crippen LogP contribution in [-0.4, -0.2) is 44.6 Å². The molecule has 2 aliphatic heterocycles. The molecule has 2 aliphatic rings. The van der Waals surface area contributed by atoms with Gasteiger partial charge in [0, 0.05) is 66.1 Å². The quantitative estimate of drug-likeness (QED) is 0.167. The van der Waals surface area contributed by atoms with Gasteiger partial charge in [0.1, 0.15) is 5.75 Å². The average Bonchev–Trinajstić information content (AvgIpc) is 3.87. The Bertz CT molecular complexity index is 1880. The summed E-state index contributed by atoms with van der Waals surface area (Å²) in [7, 11) is 0. The third kappa shape index (κ3) is 10.2. The van der Waals surface area contributed by atoms with Gasteiger partial charge in [0.15, 0.2) is 0 Å². The number of nitrogens with zero attached hydrogens (tertiary/aromatic N) is 2. The van der Waals surface area contributed by atoms with Crippen molar-refractivity contribution in [3.8, 4) is 5.75 Å². The molecule has 0 atom stereocenters. The molecule has 0 aliphatic carbocycles. The normalized spacial score (nSPS) is 14.4. The molecule has 0 saturated carbocycles. The highest BCUT2D eigenvalue weighted by Crippen LogP contribution is 2.40. The van der Waals surface area contributed by atoms with Crippen LogP contribution in [0.1, 0.15) is 76.9 Å². The van der Waals surface area contributed by atoms with Crippen LogP contribution < -0.4 is 25.2 Å². The van der Waals surface area contributed by atoms with E-state index < -0.39 is 35.3 Å². The van der Waals surface area contributed by atoms with E-state index in [1.165, 1.54) is 24.3 Å². The van der Waals surface area contributed by atoms with Crippen LogP contribution in [0.2, 0.25) is 0 Å². The number of ether oxygens (including phenoxy) is 1. The molecular formula is C40H42F6N4O3. The van der Waals surface area contributed by atoms with Crippen LogP contribution in [0.5, 0.6) is 5.75 Å². The Kier molecular flexibility index (Phi) is 12.6. The van der Waals surface area contributed by atoms with Crippen molar-refractivity contribution in [3.05, 3.63) is 113 Å². The number of alkyl halides is 6. The minimum atomic E-state index is -4.52. The lowest BCUT2D eigenvalue weighted by atomic mass is 10.1. The van der Waals surface area contributed by atoms with Crippen LogP contribution in [-0.2, 0) is 18.8 Å².